The van der Waals surface area contributed by atoms with Crippen molar-refractivity contribution in [3.8, 4) is 0 Å². The van der Waals surface area contributed by atoms with E-state index in [0.29, 0.717) is 6.54 Å². The minimum Gasteiger partial charge on any atom is -0.205 e. The largest absolute Gasteiger partial charge is 0.279 e. The van der Waals surface area contributed by atoms with E-state index in [2.05, 4.69) is 20.7 Å². The second kappa shape index (κ2) is 5.07. The first-order chi connectivity index (χ1) is 6.97. The van der Waals surface area contributed by atoms with Gasteiger partial charge in [-0.15, -0.1) is 0 Å². The Balaban J connectivity index is 2.84. The lowest BCUT2D eigenvalue weighted by atomic mass is 10.2. The summed E-state index contributed by atoms with van der Waals surface area (Å²) in [7, 11) is -0.423. The van der Waals surface area contributed by atoms with Crippen LogP contribution < -0.4 is 4.72 Å². The molecule has 84 valence electrons. The number of benzene rings is 1. The monoisotopic (exact) mass is 292 g/mol. The van der Waals surface area contributed by atoms with Crippen LogP contribution in [0.1, 0.15) is 5.56 Å². The summed E-state index contributed by atoms with van der Waals surface area (Å²) in [5.41, 5.74) is 0.929. The van der Waals surface area contributed by atoms with Crippen LogP contribution in [0.5, 0.6) is 0 Å². The third-order valence-electron chi connectivity index (χ3n) is 2.02. The number of hydrogen-bond acceptors (Lipinski definition) is 2. The Labute approximate surface area is 98.6 Å². The third kappa shape index (κ3) is 3.27. The predicted molar refractivity (Wildman–Crippen MR) is 63.6 cm³/mol. The van der Waals surface area contributed by atoms with E-state index >= 15 is 0 Å². The Morgan fingerprint density at radius 3 is 2.53 bits per heavy atom. The lowest BCUT2D eigenvalue weighted by molar-refractivity contribution is 0.459. The Kier molecular flexibility index (Phi) is 4.27. The molecule has 0 saturated carbocycles. The van der Waals surface area contributed by atoms with Crippen molar-refractivity contribution in [1.29, 1.82) is 0 Å². The highest BCUT2D eigenvalue weighted by Gasteiger charge is 2.15. The topological polar surface area (TPSA) is 49.4 Å². The molecule has 1 rings (SSSR count). The van der Waals surface area contributed by atoms with E-state index in [4.69, 9.17) is 0 Å². The number of nitrogens with zero attached hydrogens (tertiary/aromatic N) is 1. The van der Waals surface area contributed by atoms with Gasteiger partial charge in [-0.2, -0.15) is 12.7 Å². The zero-order chi connectivity index (χ0) is 11.5. The number of rotatable bonds is 4. The average molecular weight is 293 g/mol. The van der Waals surface area contributed by atoms with E-state index in [1.165, 1.54) is 18.4 Å². The molecule has 0 aromatic heterocycles. The standard InChI is InChI=1S/C9H13BrN2O2S/c1-11-15(13,14)12(2)7-8-5-3-4-6-9(8)10/h3-6,11H,7H2,1-2H3. The predicted octanol–water partition coefficient (Wildman–Crippen LogP) is 1.35. The molecule has 0 radical (unpaired) electrons. The van der Waals surface area contributed by atoms with Gasteiger partial charge in [-0.1, -0.05) is 34.1 Å². The van der Waals surface area contributed by atoms with Crippen LogP contribution in [0.2, 0.25) is 0 Å². The number of hydrogen-bond donors (Lipinski definition) is 1. The van der Waals surface area contributed by atoms with Crippen molar-refractivity contribution >= 4 is 26.1 Å². The van der Waals surface area contributed by atoms with E-state index in [-0.39, 0.29) is 0 Å². The molecule has 4 nitrogen and oxygen atoms in total. The van der Waals surface area contributed by atoms with Gasteiger partial charge in [-0.3, -0.25) is 0 Å². The molecule has 0 heterocycles. The van der Waals surface area contributed by atoms with E-state index < -0.39 is 10.2 Å². The van der Waals surface area contributed by atoms with Gasteiger partial charge in [0, 0.05) is 25.1 Å². The molecule has 0 unspecified atom stereocenters. The second-order valence-electron chi connectivity index (χ2n) is 3.06. The first-order valence-electron chi connectivity index (χ1n) is 4.35. The van der Waals surface area contributed by atoms with Crippen LogP contribution in [0, 0.1) is 0 Å². The van der Waals surface area contributed by atoms with Gasteiger partial charge in [0.05, 0.1) is 0 Å². The van der Waals surface area contributed by atoms with Gasteiger partial charge in [0.25, 0.3) is 10.2 Å². The molecular formula is C9H13BrN2O2S. The van der Waals surface area contributed by atoms with Crippen LogP contribution in [0.3, 0.4) is 0 Å². The normalized spacial score (nSPS) is 12.0. The highest BCUT2D eigenvalue weighted by Crippen LogP contribution is 2.17. The van der Waals surface area contributed by atoms with Gasteiger partial charge in [-0.05, 0) is 11.6 Å². The van der Waals surface area contributed by atoms with Gasteiger partial charge >= 0.3 is 0 Å². The SMILES string of the molecule is CNS(=O)(=O)N(C)Cc1ccccc1Br. The van der Waals surface area contributed by atoms with E-state index in [1.54, 1.807) is 0 Å². The van der Waals surface area contributed by atoms with E-state index in [0.717, 1.165) is 10.0 Å². The van der Waals surface area contributed by atoms with Gasteiger partial charge in [0.15, 0.2) is 0 Å². The Bertz CT molecular complexity index is 433. The summed E-state index contributed by atoms with van der Waals surface area (Å²) in [5, 5.41) is 0. The van der Waals surface area contributed by atoms with Crippen LogP contribution in [0.15, 0.2) is 28.7 Å². The highest BCUT2D eigenvalue weighted by atomic mass is 79.9. The van der Waals surface area contributed by atoms with Crippen LogP contribution in [-0.4, -0.2) is 26.8 Å². The van der Waals surface area contributed by atoms with Crippen molar-refractivity contribution in [2.24, 2.45) is 0 Å². The fourth-order valence-electron chi connectivity index (χ4n) is 1.11. The fourth-order valence-corrected chi connectivity index (χ4v) is 2.14. The maximum absolute atomic E-state index is 11.4. The molecule has 0 fully saturated rings. The number of halogens is 1. The molecule has 0 spiro atoms. The highest BCUT2D eigenvalue weighted by molar-refractivity contribution is 9.10. The minimum atomic E-state index is -3.35. The molecule has 0 saturated heterocycles. The summed E-state index contributed by atoms with van der Waals surface area (Å²) in [5.74, 6) is 0. The molecule has 0 atom stereocenters. The smallest absolute Gasteiger partial charge is 0.205 e. The molecule has 0 amide bonds. The summed E-state index contributed by atoms with van der Waals surface area (Å²) in [6, 6.07) is 7.53. The lowest BCUT2D eigenvalue weighted by Gasteiger charge is -2.16. The summed E-state index contributed by atoms with van der Waals surface area (Å²) in [6.45, 7) is 0.338. The molecule has 6 heteroatoms. The summed E-state index contributed by atoms with van der Waals surface area (Å²) >= 11 is 3.37. The van der Waals surface area contributed by atoms with Gasteiger partial charge < -0.3 is 0 Å². The fraction of sp³-hybridized carbons (Fsp3) is 0.333. The van der Waals surface area contributed by atoms with Crippen molar-refractivity contribution in [1.82, 2.24) is 9.03 Å². The molecule has 15 heavy (non-hydrogen) atoms. The molecule has 0 aliphatic heterocycles. The molecule has 1 aromatic carbocycles. The van der Waals surface area contributed by atoms with Crippen molar-refractivity contribution in [2.75, 3.05) is 14.1 Å². The summed E-state index contributed by atoms with van der Waals surface area (Å²) in [6.07, 6.45) is 0. The van der Waals surface area contributed by atoms with Crippen LogP contribution in [0.4, 0.5) is 0 Å². The van der Waals surface area contributed by atoms with Crippen molar-refractivity contribution in [2.45, 2.75) is 6.54 Å². The zero-order valence-electron chi connectivity index (χ0n) is 8.57. The summed E-state index contributed by atoms with van der Waals surface area (Å²) < 4.78 is 27.3. The first-order valence-corrected chi connectivity index (χ1v) is 6.59. The van der Waals surface area contributed by atoms with Crippen LogP contribution in [-0.2, 0) is 16.8 Å². The van der Waals surface area contributed by atoms with E-state index in [1.807, 2.05) is 24.3 Å². The van der Waals surface area contributed by atoms with Crippen molar-refractivity contribution in [3.05, 3.63) is 34.3 Å². The number of nitrogens with one attached hydrogen (secondary N) is 1. The van der Waals surface area contributed by atoms with Crippen LogP contribution >= 0.6 is 15.9 Å². The van der Waals surface area contributed by atoms with Gasteiger partial charge in [0.2, 0.25) is 0 Å². The minimum absolute atomic E-state index is 0.338. The third-order valence-corrected chi connectivity index (χ3v) is 4.26. The molecule has 1 N–H and O–H groups in total. The molecule has 0 bridgehead atoms. The maximum atomic E-state index is 11.4. The molecule has 1 aromatic rings. The summed E-state index contributed by atoms with van der Waals surface area (Å²) in [4.78, 5) is 0. The average Bonchev–Trinajstić information content (AvgIpc) is 2.21. The van der Waals surface area contributed by atoms with Crippen molar-refractivity contribution < 1.29 is 8.42 Å². The molecule has 0 aliphatic rings. The van der Waals surface area contributed by atoms with Crippen LogP contribution in [0.25, 0.3) is 0 Å². The lowest BCUT2D eigenvalue weighted by Crippen LogP contribution is -2.35. The molecular weight excluding hydrogens is 280 g/mol. The van der Waals surface area contributed by atoms with Gasteiger partial charge in [-0.25, -0.2) is 4.72 Å². The molecule has 0 aliphatic carbocycles. The van der Waals surface area contributed by atoms with Gasteiger partial charge in [0.1, 0.15) is 0 Å². The Morgan fingerprint density at radius 1 is 1.40 bits per heavy atom. The first kappa shape index (κ1) is 12.6. The second-order valence-corrected chi connectivity index (χ2v) is 5.89. The zero-order valence-corrected chi connectivity index (χ0v) is 11.0. The Hall–Kier alpha value is -0.430. The quantitative estimate of drug-likeness (QED) is 0.911. The van der Waals surface area contributed by atoms with Crippen molar-refractivity contribution in [3.63, 3.8) is 0 Å². The van der Waals surface area contributed by atoms with E-state index in [9.17, 15) is 8.42 Å². The Morgan fingerprint density at radius 2 is 2.00 bits per heavy atom. The maximum Gasteiger partial charge on any atom is 0.279 e.